The molecule has 0 radical (unpaired) electrons. The average molecular weight is 373 g/mol. The molecule has 0 fully saturated rings. The quantitative estimate of drug-likeness (QED) is 0.728. The number of aromatic nitrogens is 6. The number of fused-ring (bicyclic) bond motifs is 1. The summed E-state index contributed by atoms with van der Waals surface area (Å²) in [6.45, 7) is 2.55. The molecule has 9 nitrogen and oxygen atoms in total. The van der Waals surface area contributed by atoms with Crippen molar-refractivity contribution < 1.29 is 8.42 Å². The number of rotatable bonds is 5. The van der Waals surface area contributed by atoms with Gasteiger partial charge in [-0.25, -0.2) is 14.4 Å². The van der Waals surface area contributed by atoms with Crippen LogP contribution in [0, 0.1) is 0 Å². The number of nitrogens with one attached hydrogen (secondary N) is 1. The first kappa shape index (κ1) is 16.7. The van der Waals surface area contributed by atoms with E-state index < -0.39 is 10.0 Å². The summed E-state index contributed by atoms with van der Waals surface area (Å²) < 4.78 is 31.1. The average Bonchev–Trinajstić information content (AvgIpc) is 3.23. The van der Waals surface area contributed by atoms with Gasteiger partial charge in [-0.3, -0.25) is 4.98 Å². The van der Waals surface area contributed by atoms with Crippen molar-refractivity contribution in [2.45, 2.75) is 43.8 Å². The fraction of sp³-hybridized carbons (Fsp3) is 0.375. The molecule has 3 aromatic heterocycles. The van der Waals surface area contributed by atoms with E-state index in [0.29, 0.717) is 6.54 Å². The highest BCUT2D eigenvalue weighted by Gasteiger charge is 2.25. The van der Waals surface area contributed by atoms with E-state index in [2.05, 4.69) is 31.7 Å². The molecular weight excluding hydrogens is 354 g/mol. The van der Waals surface area contributed by atoms with E-state index in [1.807, 2.05) is 16.7 Å². The molecule has 0 saturated heterocycles. The molecule has 136 valence electrons. The SMILES string of the molecule is CC1CCCc2nc(S(=O)(=O)Nc3ncn(Cc4ccncc4)n3)cn21. The van der Waals surface area contributed by atoms with Crippen LogP contribution in [0.1, 0.15) is 37.2 Å². The Labute approximate surface area is 151 Å². The molecule has 10 heteroatoms. The van der Waals surface area contributed by atoms with E-state index >= 15 is 0 Å². The lowest BCUT2D eigenvalue weighted by Gasteiger charge is -2.20. The summed E-state index contributed by atoms with van der Waals surface area (Å²) in [4.78, 5) is 12.3. The molecule has 0 saturated carbocycles. The van der Waals surface area contributed by atoms with Crippen LogP contribution in [0.3, 0.4) is 0 Å². The molecule has 1 N–H and O–H groups in total. The minimum absolute atomic E-state index is 0.00623. The minimum Gasteiger partial charge on any atom is -0.331 e. The second kappa shape index (κ2) is 6.52. The standard InChI is InChI=1S/C16H19N7O2S/c1-12-3-2-4-14-19-15(10-23(12)14)26(24,25)21-16-18-11-22(20-16)9-13-5-7-17-8-6-13/h5-8,10-12H,2-4,9H2,1H3,(H,20,21). The zero-order valence-electron chi connectivity index (χ0n) is 14.3. The van der Waals surface area contributed by atoms with E-state index in [4.69, 9.17) is 0 Å². The summed E-state index contributed by atoms with van der Waals surface area (Å²) in [7, 11) is -3.82. The third kappa shape index (κ3) is 3.32. The van der Waals surface area contributed by atoms with Crippen LogP contribution in [0.2, 0.25) is 0 Å². The van der Waals surface area contributed by atoms with Gasteiger partial charge in [0.1, 0.15) is 12.2 Å². The number of hydrogen-bond donors (Lipinski definition) is 1. The number of sulfonamides is 1. The van der Waals surface area contributed by atoms with Gasteiger partial charge in [-0.2, -0.15) is 13.4 Å². The Morgan fingerprint density at radius 2 is 2.12 bits per heavy atom. The Balaban J connectivity index is 1.52. The third-order valence-electron chi connectivity index (χ3n) is 4.42. The molecule has 0 spiro atoms. The number of nitrogens with zero attached hydrogens (tertiary/aromatic N) is 6. The predicted octanol–water partition coefficient (Wildman–Crippen LogP) is 1.62. The van der Waals surface area contributed by atoms with Crippen molar-refractivity contribution >= 4 is 16.0 Å². The Bertz CT molecular complexity index is 1010. The fourth-order valence-electron chi connectivity index (χ4n) is 3.06. The lowest BCUT2D eigenvalue weighted by Crippen LogP contribution is -2.15. The first-order valence-electron chi connectivity index (χ1n) is 8.40. The van der Waals surface area contributed by atoms with Crippen LogP contribution in [-0.4, -0.2) is 37.7 Å². The number of pyridine rings is 1. The molecule has 4 heterocycles. The lowest BCUT2D eigenvalue weighted by atomic mass is 10.1. The molecule has 1 aliphatic rings. The maximum atomic E-state index is 12.6. The first-order chi connectivity index (χ1) is 12.5. The molecule has 26 heavy (non-hydrogen) atoms. The van der Waals surface area contributed by atoms with Crippen LogP contribution in [0.5, 0.6) is 0 Å². The first-order valence-corrected chi connectivity index (χ1v) is 9.88. The van der Waals surface area contributed by atoms with Gasteiger partial charge >= 0.3 is 0 Å². The summed E-state index contributed by atoms with van der Waals surface area (Å²) in [6, 6.07) is 3.98. The van der Waals surface area contributed by atoms with Gasteiger partial charge in [0.15, 0.2) is 5.03 Å². The van der Waals surface area contributed by atoms with Gasteiger partial charge in [0.05, 0.1) is 6.54 Å². The van der Waals surface area contributed by atoms with Gasteiger partial charge in [0.2, 0.25) is 0 Å². The minimum atomic E-state index is -3.82. The highest BCUT2D eigenvalue weighted by Crippen LogP contribution is 2.26. The second-order valence-corrected chi connectivity index (χ2v) is 8.00. The van der Waals surface area contributed by atoms with Crippen molar-refractivity contribution in [3.63, 3.8) is 0 Å². The summed E-state index contributed by atoms with van der Waals surface area (Å²) in [5, 5.41) is 4.18. The third-order valence-corrected chi connectivity index (χ3v) is 5.61. The number of aryl methyl sites for hydroxylation is 1. The Morgan fingerprint density at radius 3 is 2.88 bits per heavy atom. The topological polar surface area (TPSA) is 108 Å². The van der Waals surface area contributed by atoms with Gasteiger partial charge in [-0.15, -0.1) is 5.10 Å². The number of hydrogen-bond acceptors (Lipinski definition) is 6. The van der Waals surface area contributed by atoms with Crippen molar-refractivity contribution in [1.29, 1.82) is 0 Å². The van der Waals surface area contributed by atoms with Crippen molar-refractivity contribution in [2.24, 2.45) is 0 Å². The van der Waals surface area contributed by atoms with E-state index in [1.54, 1.807) is 23.3 Å². The van der Waals surface area contributed by atoms with E-state index in [0.717, 1.165) is 30.7 Å². The molecule has 3 aromatic rings. The summed E-state index contributed by atoms with van der Waals surface area (Å²) in [5.74, 6) is 0.832. The number of anilines is 1. The van der Waals surface area contributed by atoms with Gasteiger partial charge in [-0.1, -0.05) is 0 Å². The molecule has 0 aliphatic carbocycles. The predicted molar refractivity (Wildman–Crippen MR) is 94.0 cm³/mol. The molecule has 0 aromatic carbocycles. The summed E-state index contributed by atoms with van der Waals surface area (Å²) in [5.41, 5.74) is 0.995. The zero-order valence-corrected chi connectivity index (χ0v) is 15.1. The molecule has 1 aliphatic heterocycles. The van der Waals surface area contributed by atoms with E-state index in [9.17, 15) is 8.42 Å². The summed E-state index contributed by atoms with van der Waals surface area (Å²) >= 11 is 0. The fourth-order valence-corrected chi connectivity index (χ4v) is 3.98. The van der Waals surface area contributed by atoms with E-state index in [1.165, 1.54) is 6.33 Å². The van der Waals surface area contributed by atoms with Crippen LogP contribution in [0.15, 0.2) is 42.1 Å². The van der Waals surface area contributed by atoms with E-state index in [-0.39, 0.29) is 17.0 Å². The van der Waals surface area contributed by atoms with Crippen LogP contribution < -0.4 is 4.72 Å². The monoisotopic (exact) mass is 373 g/mol. The van der Waals surface area contributed by atoms with Crippen LogP contribution in [-0.2, 0) is 23.0 Å². The maximum absolute atomic E-state index is 12.6. The Kier molecular flexibility index (Phi) is 4.19. The lowest BCUT2D eigenvalue weighted by molar-refractivity contribution is 0.425. The zero-order chi connectivity index (χ0) is 18.1. The summed E-state index contributed by atoms with van der Waals surface area (Å²) in [6.07, 6.45) is 9.30. The van der Waals surface area contributed by atoms with Crippen molar-refractivity contribution in [2.75, 3.05) is 4.72 Å². The van der Waals surface area contributed by atoms with Crippen molar-refractivity contribution in [1.82, 2.24) is 29.3 Å². The van der Waals surface area contributed by atoms with Crippen LogP contribution in [0.4, 0.5) is 5.95 Å². The van der Waals surface area contributed by atoms with Gasteiger partial charge in [-0.05, 0) is 37.5 Å². The van der Waals surface area contributed by atoms with Crippen LogP contribution >= 0.6 is 0 Å². The normalized spacial score (nSPS) is 17.0. The Hall–Kier alpha value is -2.75. The largest absolute Gasteiger partial charge is 0.331 e. The van der Waals surface area contributed by atoms with Gasteiger partial charge in [0.25, 0.3) is 16.0 Å². The van der Waals surface area contributed by atoms with Crippen molar-refractivity contribution in [3.8, 4) is 0 Å². The number of imidazole rings is 1. The molecule has 0 bridgehead atoms. The van der Waals surface area contributed by atoms with Crippen molar-refractivity contribution in [3.05, 3.63) is 48.4 Å². The highest BCUT2D eigenvalue weighted by molar-refractivity contribution is 7.92. The van der Waals surface area contributed by atoms with Gasteiger partial charge < -0.3 is 4.57 Å². The maximum Gasteiger partial charge on any atom is 0.283 e. The highest BCUT2D eigenvalue weighted by atomic mass is 32.2. The van der Waals surface area contributed by atoms with Gasteiger partial charge in [0, 0.05) is 31.1 Å². The molecule has 4 rings (SSSR count). The Morgan fingerprint density at radius 1 is 1.31 bits per heavy atom. The second-order valence-electron chi connectivity index (χ2n) is 6.37. The molecule has 1 unspecified atom stereocenters. The molecular formula is C16H19N7O2S. The molecule has 0 amide bonds. The smallest absolute Gasteiger partial charge is 0.283 e. The van der Waals surface area contributed by atoms with Crippen LogP contribution in [0.25, 0.3) is 0 Å². The molecule has 1 atom stereocenters.